The van der Waals surface area contributed by atoms with Gasteiger partial charge in [-0.2, -0.15) is 0 Å². The van der Waals surface area contributed by atoms with Crippen LogP contribution in [-0.4, -0.2) is 59.6 Å². The molecule has 1 aromatic heterocycles. The van der Waals surface area contributed by atoms with Gasteiger partial charge in [0.15, 0.2) is 0 Å². The fourth-order valence-corrected chi connectivity index (χ4v) is 5.50. The Bertz CT molecular complexity index is 668. The second-order valence-corrected chi connectivity index (χ2v) is 8.57. The van der Waals surface area contributed by atoms with Gasteiger partial charge in [0, 0.05) is 31.2 Å². The number of hydrogen-bond acceptors (Lipinski definition) is 5. The average Bonchev–Trinajstić information content (AvgIpc) is 2.94. The Balaban J connectivity index is 0.00000105. The molecule has 6 rings (SSSR count). The molecule has 6 nitrogen and oxygen atoms in total. The van der Waals surface area contributed by atoms with Crippen LogP contribution in [-0.2, 0) is 11.3 Å². The number of hydrogen-bond donors (Lipinski definition) is 1. The highest BCUT2D eigenvalue weighted by molar-refractivity contribution is 5.85. The summed E-state index contributed by atoms with van der Waals surface area (Å²) in [4.78, 5) is 17.8. The molecule has 1 saturated carbocycles. The number of carbonyl (C=O) groups is 1. The summed E-state index contributed by atoms with van der Waals surface area (Å²) in [6.45, 7) is 10.2. The summed E-state index contributed by atoms with van der Waals surface area (Å²) >= 11 is 0. The summed E-state index contributed by atoms with van der Waals surface area (Å²) in [5.74, 6) is 4.03. The lowest BCUT2D eigenvalue weighted by molar-refractivity contribution is -0.140. The van der Waals surface area contributed by atoms with Gasteiger partial charge in [-0.1, -0.05) is 5.16 Å². The van der Waals surface area contributed by atoms with Gasteiger partial charge < -0.3 is 19.6 Å². The van der Waals surface area contributed by atoms with E-state index in [1.54, 1.807) is 0 Å². The molecule has 1 unspecified atom stereocenters. The molecule has 1 amide bonds. The second kappa shape index (κ2) is 7.90. The molecule has 8 heteroatoms. The fraction of sp³-hybridized carbons (Fsp3) is 0.789. The molecule has 0 aromatic carbocycles. The molecule has 4 saturated heterocycles. The zero-order chi connectivity index (χ0) is 17.1. The van der Waals surface area contributed by atoms with Crippen LogP contribution in [0.2, 0.25) is 0 Å². The summed E-state index contributed by atoms with van der Waals surface area (Å²) < 4.78 is 5.30. The molecule has 4 aliphatic heterocycles. The quantitative estimate of drug-likeness (QED) is 0.813. The van der Waals surface area contributed by atoms with Crippen LogP contribution < -0.4 is 5.32 Å². The number of nitrogens with zero attached hydrogens (tertiary/aromatic N) is 3. The summed E-state index contributed by atoms with van der Waals surface area (Å²) in [7, 11) is 0. The molecule has 1 aromatic rings. The first-order valence-corrected chi connectivity index (χ1v) is 9.77. The molecule has 2 bridgehead atoms. The fourth-order valence-electron chi connectivity index (χ4n) is 5.50. The number of fused-ring (bicyclic) bond motifs is 5. The summed E-state index contributed by atoms with van der Waals surface area (Å²) in [6.07, 6.45) is 2.19. The number of nitrogens with one attached hydrogen (secondary N) is 1. The normalized spacial score (nSPS) is 34.7. The van der Waals surface area contributed by atoms with Crippen LogP contribution in [0, 0.1) is 37.5 Å². The van der Waals surface area contributed by atoms with E-state index in [1.807, 2.05) is 13.8 Å². The highest BCUT2D eigenvalue weighted by Gasteiger charge is 2.53. The third-order valence-corrected chi connectivity index (χ3v) is 7.12. The Morgan fingerprint density at radius 1 is 1.15 bits per heavy atom. The first-order chi connectivity index (χ1) is 12.1. The van der Waals surface area contributed by atoms with Gasteiger partial charge in [0.25, 0.3) is 0 Å². The van der Waals surface area contributed by atoms with Gasteiger partial charge in [0.2, 0.25) is 5.91 Å². The maximum absolute atomic E-state index is 13.0. The van der Waals surface area contributed by atoms with E-state index in [9.17, 15) is 4.79 Å². The smallest absolute Gasteiger partial charge is 0.227 e. The van der Waals surface area contributed by atoms with Gasteiger partial charge in [0.05, 0.1) is 18.2 Å². The van der Waals surface area contributed by atoms with E-state index in [1.165, 1.54) is 19.6 Å². The predicted octanol–water partition coefficient (Wildman–Crippen LogP) is 2.02. The van der Waals surface area contributed by atoms with Crippen LogP contribution in [0.25, 0.3) is 0 Å². The lowest BCUT2D eigenvalue weighted by atomic mass is 9.93. The third kappa shape index (κ3) is 3.61. The first kappa shape index (κ1) is 20.9. The summed E-state index contributed by atoms with van der Waals surface area (Å²) in [6, 6.07) is 0.344. The van der Waals surface area contributed by atoms with Crippen LogP contribution in [0.5, 0.6) is 0 Å². The SMILES string of the molecule is Cc1noc(C)c1CN1C(=O)[C@H]2CC[C@@H]1CN(CC1[C@H]3CNC[C@@H]13)C2.Cl.Cl. The molecule has 5 fully saturated rings. The number of amides is 1. The largest absolute Gasteiger partial charge is 0.361 e. The molecule has 5 atom stereocenters. The lowest BCUT2D eigenvalue weighted by Gasteiger charge is -2.36. The van der Waals surface area contributed by atoms with E-state index in [-0.39, 0.29) is 30.7 Å². The number of halogens is 2. The van der Waals surface area contributed by atoms with Crippen molar-refractivity contribution in [2.45, 2.75) is 39.3 Å². The van der Waals surface area contributed by atoms with Gasteiger partial charge in [-0.3, -0.25) is 4.79 Å². The minimum absolute atomic E-state index is 0. The molecule has 5 aliphatic rings. The number of rotatable bonds is 4. The maximum Gasteiger partial charge on any atom is 0.227 e. The van der Waals surface area contributed by atoms with Crippen molar-refractivity contribution in [2.24, 2.45) is 23.7 Å². The standard InChI is InChI=1S/C19H28N4O2.2ClH/c1-11-17(12(2)25-21-11)10-23-14-4-3-13(19(23)24)7-22(8-14)9-18-15-5-20-6-16(15)18;;/h13-16,18,20H,3-10H2,1-2H3;2*1H/t13-,14+,15-,16+,18?;;/m0../s1. The van der Waals surface area contributed by atoms with Crippen LogP contribution in [0.3, 0.4) is 0 Å². The molecular weight excluding hydrogens is 387 g/mol. The molecule has 1 N–H and O–H groups in total. The maximum atomic E-state index is 13.0. The number of piperidine rings is 2. The number of carbonyl (C=O) groups excluding carboxylic acids is 1. The molecule has 1 aliphatic carbocycles. The molecule has 27 heavy (non-hydrogen) atoms. The van der Waals surface area contributed by atoms with Gasteiger partial charge in [-0.15, -0.1) is 24.8 Å². The van der Waals surface area contributed by atoms with E-state index in [4.69, 9.17) is 4.52 Å². The molecule has 0 spiro atoms. The minimum Gasteiger partial charge on any atom is -0.361 e. The Morgan fingerprint density at radius 3 is 2.56 bits per heavy atom. The van der Waals surface area contributed by atoms with Crippen molar-refractivity contribution in [3.63, 3.8) is 0 Å². The van der Waals surface area contributed by atoms with Crippen molar-refractivity contribution in [1.29, 1.82) is 0 Å². The Morgan fingerprint density at radius 2 is 1.89 bits per heavy atom. The van der Waals surface area contributed by atoms with Crippen molar-refractivity contribution in [3.8, 4) is 0 Å². The van der Waals surface area contributed by atoms with Crippen LogP contribution in [0.1, 0.15) is 29.9 Å². The van der Waals surface area contributed by atoms with Crippen LogP contribution in [0.4, 0.5) is 0 Å². The van der Waals surface area contributed by atoms with Crippen molar-refractivity contribution < 1.29 is 9.32 Å². The highest BCUT2D eigenvalue weighted by Crippen LogP contribution is 2.49. The van der Waals surface area contributed by atoms with Crippen molar-refractivity contribution in [1.82, 2.24) is 20.3 Å². The van der Waals surface area contributed by atoms with Crippen molar-refractivity contribution >= 4 is 30.7 Å². The Labute approximate surface area is 173 Å². The van der Waals surface area contributed by atoms with Crippen LogP contribution in [0.15, 0.2) is 4.52 Å². The van der Waals surface area contributed by atoms with Gasteiger partial charge in [0.1, 0.15) is 5.76 Å². The van der Waals surface area contributed by atoms with Crippen molar-refractivity contribution in [3.05, 3.63) is 17.0 Å². The van der Waals surface area contributed by atoms with E-state index in [0.717, 1.165) is 60.7 Å². The molecule has 0 radical (unpaired) electrons. The Hall–Kier alpha value is -0.820. The highest BCUT2D eigenvalue weighted by atomic mass is 35.5. The molecular formula is C19H30Cl2N4O2. The molecule has 5 heterocycles. The molecule has 152 valence electrons. The number of aryl methyl sites for hydroxylation is 2. The average molecular weight is 417 g/mol. The zero-order valence-corrected chi connectivity index (χ0v) is 17.7. The van der Waals surface area contributed by atoms with E-state index in [2.05, 4.69) is 20.3 Å². The summed E-state index contributed by atoms with van der Waals surface area (Å²) in [5.41, 5.74) is 2.01. The second-order valence-electron chi connectivity index (χ2n) is 8.57. The third-order valence-electron chi connectivity index (χ3n) is 7.12. The van der Waals surface area contributed by atoms with Crippen molar-refractivity contribution in [2.75, 3.05) is 32.7 Å². The van der Waals surface area contributed by atoms with E-state index >= 15 is 0 Å². The monoisotopic (exact) mass is 416 g/mol. The predicted molar refractivity (Wildman–Crippen MR) is 107 cm³/mol. The first-order valence-electron chi connectivity index (χ1n) is 9.77. The topological polar surface area (TPSA) is 61.6 Å². The van der Waals surface area contributed by atoms with Crippen LogP contribution >= 0.6 is 24.8 Å². The van der Waals surface area contributed by atoms with E-state index < -0.39 is 0 Å². The van der Waals surface area contributed by atoms with Gasteiger partial charge >= 0.3 is 0 Å². The Kier molecular flexibility index (Phi) is 6.11. The zero-order valence-electron chi connectivity index (χ0n) is 16.0. The van der Waals surface area contributed by atoms with Gasteiger partial charge in [-0.05, 0) is 57.5 Å². The van der Waals surface area contributed by atoms with E-state index in [0.29, 0.717) is 18.5 Å². The lowest BCUT2D eigenvalue weighted by Crippen LogP contribution is -2.47. The summed E-state index contributed by atoms with van der Waals surface area (Å²) in [5, 5.41) is 7.54. The minimum atomic E-state index is 0. The number of aromatic nitrogens is 1. The van der Waals surface area contributed by atoms with Gasteiger partial charge in [-0.25, -0.2) is 0 Å².